The first-order valence-corrected chi connectivity index (χ1v) is 7.46. The molecule has 0 heterocycles. The van der Waals surface area contributed by atoms with Crippen molar-refractivity contribution >= 4 is 11.8 Å². The topological polar surface area (TPSA) is 107 Å². The third kappa shape index (κ3) is 6.96. The van der Waals surface area contributed by atoms with E-state index in [0.717, 1.165) is 12.1 Å². The molecule has 10 heteroatoms. The highest BCUT2D eigenvalue weighted by Crippen LogP contribution is 2.34. The number of amides is 1. The van der Waals surface area contributed by atoms with E-state index in [2.05, 4.69) is 5.32 Å². The lowest BCUT2D eigenvalue weighted by atomic mass is 10.0. The van der Waals surface area contributed by atoms with Crippen LogP contribution in [0.15, 0.2) is 18.2 Å². The molecule has 25 heavy (non-hydrogen) atoms. The number of rotatable bonds is 8. The van der Waals surface area contributed by atoms with Crippen LogP contribution in [0.2, 0.25) is 0 Å². The lowest BCUT2D eigenvalue weighted by molar-refractivity contribution is -0.385. The van der Waals surface area contributed by atoms with E-state index in [1.54, 1.807) is 13.8 Å². The first-order valence-electron chi connectivity index (χ1n) is 7.46. The van der Waals surface area contributed by atoms with Crippen molar-refractivity contribution in [2.75, 3.05) is 6.54 Å². The first-order chi connectivity index (χ1) is 11.4. The second kappa shape index (κ2) is 8.15. The van der Waals surface area contributed by atoms with Crippen LogP contribution in [0.1, 0.15) is 37.8 Å². The van der Waals surface area contributed by atoms with E-state index in [9.17, 15) is 28.1 Å². The zero-order chi connectivity index (χ0) is 19.3. The molecule has 0 aliphatic heterocycles. The molecular formula is C15H20F3N3O4. The van der Waals surface area contributed by atoms with Gasteiger partial charge in [-0.1, -0.05) is 6.07 Å². The summed E-state index contributed by atoms with van der Waals surface area (Å²) in [7, 11) is 0. The summed E-state index contributed by atoms with van der Waals surface area (Å²) in [5.41, 5.74) is 2.46. The van der Waals surface area contributed by atoms with Crippen LogP contribution in [0.5, 0.6) is 0 Å². The van der Waals surface area contributed by atoms with E-state index in [-0.39, 0.29) is 12.1 Å². The molecule has 0 aliphatic rings. The Morgan fingerprint density at radius 2 is 2.00 bits per heavy atom. The van der Waals surface area contributed by atoms with Crippen molar-refractivity contribution in [2.45, 2.75) is 45.0 Å². The van der Waals surface area contributed by atoms with Crippen LogP contribution in [0.3, 0.4) is 0 Å². The van der Waals surface area contributed by atoms with Crippen molar-refractivity contribution in [3.8, 4) is 0 Å². The molecule has 0 unspecified atom stereocenters. The maximum absolute atomic E-state index is 13.0. The van der Waals surface area contributed by atoms with Gasteiger partial charge in [0.2, 0.25) is 0 Å². The minimum absolute atomic E-state index is 0.0780. The van der Waals surface area contributed by atoms with Crippen LogP contribution in [-0.4, -0.2) is 23.2 Å². The number of hydrogen-bond donors (Lipinski definition) is 2. The molecule has 0 saturated carbocycles. The third-order valence-corrected chi connectivity index (χ3v) is 3.43. The van der Waals surface area contributed by atoms with E-state index < -0.39 is 34.0 Å². The van der Waals surface area contributed by atoms with Gasteiger partial charge < -0.3 is 15.8 Å². The number of non-ortho nitro benzene ring substituents is 1. The zero-order valence-electron chi connectivity index (χ0n) is 13.9. The molecule has 1 aromatic rings. The number of hydrogen-bond acceptors (Lipinski definition) is 5. The van der Waals surface area contributed by atoms with E-state index >= 15 is 0 Å². The molecule has 0 atom stereocenters. The number of nitrogens with zero attached hydrogens (tertiary/aromatic N) is 1. The molecule has 0 bridgehead atoms. The highest BCUT2D eigenvalue weighted by molar-refractivity contribution is 5.65. The summed E-state index contributed by atoms with van der Waals surface area (Å²) in [5.74, 6) is 0. The lowest BCUT2D eigenvalue weighted by Crippen LogP contribution is -2.32. The lowest BCUT2D eigenvalue weighted by Gasteiger charge is -2.23. The van der Waals surface area contributed by atoms with Gasteiger partial charge in [-0.3, -0.25) is 10.1 Å². The minimum Gasteiger partial charge on any atom is -0.444 e. The van der Waals surface area contributed by atoms with Crippen LogP contribution >= 0.6 is 0 Å². The smallest absolute Gasteiger partial charge is 0.416 e. The van der Waals surface area contributed by atoms with Gasteiger partial charge >= 0.3 is 12.3 Å². The number of ether oxygens (including phenoxy) is 1. The van der Waals surface area contributed by atoms with Gasteiger partial charge in [-0.2, -0.15) is 13.2 Å². The molecule has 0 fully saturated rings. The number of nitrogens with two attached hydrogens (primary N) is 1. The maximum atomic E-state index is 13.0. The maximum Gasteiger partial charge on any atom is 0.416 e. The summed E-state index contributed by atoms with van der Waals surface area (Å²) < 4.78 is 44.0. The second-order valence-corrected chi connectivity index (χ2v) is 6.06. The average molecular weight is 363 g/mol. The SMILES string of the molecule is CC(C)(CCCNCc1ccc([N+](=O)[O-])cc1C(F)(F)F)OC(N)=O. The molecule has 0 radical (unpaired) electrons. The Labute approximate surface area is 142 Å². The van der Waals surface area contributed by atoms with Gasteiger partial charge in [0.05, 0.1) is 10.5 Å². The fourth-order valence-electron chi connectivity index (χ4n) is 2.28. The summed E-state index contributed by atoms with van der Waals surface area (Å²) in [6, 6.07) is 2.66. The Kier molecular flexibility index (Phi) is 6.74. The highest BCUT2D eigenvalue weighted by atomic mass is 19.4. The van der Waals surface area contributed by atoms with E-state index in [1.165, 1.54) is 0 Å². The number of carbonyl (C=O) groups is 1. The Morgan fingerprint density at radius 3 is 2.52 bits per heavy atom. The van der Waals surface area contributed by atoms with Crippen molar-refractivity contribution in [3.63, 3.8) is 0 Å². The molecule has 1 amide bonds. The number of carbonyl (C=O) groups excluding carboxylic acids is 1. The Hall–Kier alpha value is -2.36. The van der Waals surface area contributed by atoms with Crippen LogP contribution < -0.4 is 11.1 Å². The number of benzene rings is 1. The van der Waals surface area contributed by atoms with Crippen molar-refractivity contribution in [2.24, 2.45) is 5.73 Å². The molecule has 0 aliphatic carbocycles. The van der Waals surface area contributed by atoms with Gasteiger partial charge in [-0.15, -0.1) is 0 Å². The number of nitro benzene ring substituents is 1. The predicted octanol–water partition coefficient (Wildman–Crippen LogP) is 3.36. The molecule has 0 aromatic heterocycles. The number of alkyl halides is 3. The fraction of sp³-hybridized carbons (Fsp3) is 0.533. The number of nitro groups is 1. The average Bonchev–Trinajstić information content (AvgIpc) is 2.44. The van der Waals surface area contributed by atoms with Gasteiger partial charge in [0, 0.05) is 18.7 Å². The monoisotopic (exact) mass is 363 g/mol. The molecule has 0 spiro atoms. The van der Waals surface area contributed by atoms with Crippen LogP contribution in [-0.2, 0) is 17.5 Å². The third-order valence-electron chi connectivity index (χ3n) is 3.43. The highest BCUT2D eigenvalue weighted by Gasteiger charge is 2.34. The van der Waals surface area contributed by atoms with E-state index in [4.69, 9.17) is 10.5 Å². The Balaban J connectivity index is 2.63. The molecule has 1 rings (SSSR count). The first kappa shape index (κ1) is 20.7. The largest absolute Gasteiger partial charge is 0.444 e. The summed E-state index contributed by atoms with van der Waals surface area (Å²) in [4.78, 5) is 20.5. The molecule has 1 aromatic carbocycles. The van der Waals surface area contributed by atoms with Crippen LogP contribution in [0, 0.1) is 10.1 Å². The van der Waals surface area contributed by atoms with Crippen LogP contribution in [0.4, 0.5) is 23.7 Å². The number of halogens is 3. The standard InChI is InChI=1S/C15H20F3N3O4/c1-14(2,25-13(19)22)6-3-7-20-9-10-4-5-11(21(23)24)8-12(10)15(16,17)18/h4-5,8,20H,3,6-7,9H2,1-2H3,(H2,19,22). The molecule has 3 N–H and O–H groups in total. The molecular weight excluding hydrogens is 343 g/mol. The van der Waals surface area contributed by atoms with Gasteiger partial charge in [0.15, 0.2) is 0 Å². The number of nitrogens with one attached hydrogen (secondary N) is 1. The summed E-state index contributed by atoms with van der Waals surface area (Å²) in [5, 5.41) is 13.5. The molecule has 7 nitrogen and oxygen atoms in total. The van der Waals surface area contributed by atoms with E-state index in [1.807, 2.05) is 0 Å². The molecule has 140 valence electrons. The summed E-state index contributed by atoms with van der Waals surface area (Å²) >= 11 is 0. The Morgan fingerprint density at radius 1 is 1.36 bits per heavy atom. The minimum atomic E-state index is -4.68. The predicted molar refractivity (Wildman–Crippen MR) is 83.8 cm³/mol. The van der Waals surface area contributed by atoms with Crippen molar-refractivity contribution in [1.82, 2.24) is 5.32 Å². The number of primary amides is 1. The van der Waals surface area contributed by atoms with E-state index in [0.29, 0.717) is 25.5 Å². The second-order valence-electron chi connectivity index (χ2n) is 6.06. The zero-order valence-corrected chi connectivity index (χ0v) is 13.9. The van der Waals surface area contributed by atoms with Crippen molar-refractivity contribution < 1.29 is 27.6 Å². The van der Waals surface area contributed by atoms with Crippen molar-refractivity contribution in [1.29, 1.82) is 0 Å². The normalized spacial score (nSPS) is 12.0. The van der Waals surface area contributed by atoms with Gasteiger partial charge in [-0.05, 0) is 38.8 Å². The summed E-state index contributed by atoms with van der Waals surface area (Å²) in [6.07, 6.45) is -4.57. The quantitative estimate of drug-likeness (QED) is 0.418. The van der Waals surface area contributed by atoms with Crippen molar-refractivity contribution in [3.05, 3.63) is 39.4 Å². The van der Waals surface area contributed by atoms with Crippen LogP contribution in [0.25, 0.3) is 0 Å². The van der Waals surface area contributed by atoms with Gasteiger partial charge in [0.25, 0.3) is 5.69 Å². The Bertz CT molecular complexity index is 633. The molecule has 0 saturated heterocycles. The van der Waals surface area contributed by atoms with Gasteiger partial charge in [0.1, 0.15) is 5.60 Å². The summed E-state index contributed by atoms with van der Waals surface area (Å²) in [6.45, 7) is 3.63. The van der Waals surface area contributed by atoms with Gasteiger partial charge in [-0.25, -0.2) is 4.79 Å². The fourth-order valence-corrected chi connectivity index (χ4v) is 2.28.